The molecule has 0 aliphatic carbocycles. The van der Waals surface area contributed by atoms with Crippen molar-refractivity contribution in [2.75, 3.05) is 5.75 Å². The lowest BCUT2D eigenvalue weighted by atomic mass is 10.1. The minimum Gasteiger partial charge on any atom is -0.349 e. The van der Waals surface area contributed by atoms with Crippen LogP contribution in [0.5, 0.6) is 0 Å². The number of nitrogens with zero attached hydrogens (tertiary/aromatic N) is 2. The normalized spacial score (nSPS) is 21.0. The first-order valence-corrected chi connectivity index (χ1v) is 12.3. The number of ether oxygens (including phenoxy) is 2. The Hall–Kier alpha value is -1.21. The van der Waals surface area contributed by atoms with Gasteiger partial charge < -0.3 is 14.0 Å². The molecule has 0 radical (unpaired) electrons. The summed E-state index contributed by atoms with van der Waals surface area (Å²) < 4.78 is 14.6. The van der Waals surface area contributed by atoms with E-state index in [1.807, 2.05) is 59.3 Å². The number of imidazole rings is 1. The van der Waals surface area contributed by atoms with Crippen LogP contribution in [0.15, 0.2) is 72.1 Å². The Kier molecular flexibility index (Phi) is 8.21. The number of benzene rings is 2. The first kappa shape index (κ1) is 23.0. The fourth-order valence-electron chi connectivity index (χ4n) is 3.50. The van der Waals surface area contributed by atoms with Gasteiger partial charge in [-0.2, -0.15) is 0 Å². The van der Waals surface area contributed by atoms with Gasteiger partial charge in [0.1, 0.15) is 11.6 Å². The second-order valence-electron chi connectivity index (χ2n) is 7.37. The monoisotopic (exact) mass is 496 g/mol. The van der Waals surface area contributed by atoms with Crippen LogP contribution in [0, 0.1) is 0 Å². The van der Waals surface area contributed by atoms with Crippen molar-refractivity contribution < 1.29 is 9.47 Å². The van der Waals surface area contributed by atoms with E-state index in [0.29, 0.717) is 5.02 Å². The van der Waals surface area contributed by atoms with Crippen LogP contribution in [-0.2, 0) is 9.47 Å². The van der Waals surface area contributed by atoms with Gasteiger partial charge in [-0.1, -0.05) is 46.9 Å². The van der Waals surface area contributed by atoms with Crippen molar-refractivity contribution in [3.8, 4) is 0 Å². The molecule has 31 heavy (non-hydrogen) atoms. The molecule has 0 bridgehead atoms. The summed E-state index contributed by atoms with van der Waals surface area (Å²) in [4.78, 5) is 5.29. The van der Waals surface area contributed by atoms with Gasteiger partial charge in [0.2, 0.25) is 0 Å². The summed E-state index contributed by atoms with van der Waals surface area (Å²) in [5.74, 6) is 0.860. The van der Waals surface area contributed by atoms with E-state index in [0.717, 1.165) is 35.6 Å². The SMILES string of the molecule is Clc1ccc(SCC2CCCC(OC(c3ccc(Cl)cc3)C(Cl)n3ccnc3)O2)cc1. The van der Waals surface area contributed by atoms with Gasteiger partial charge in [0.25, 0.3) is 0 Å². The van der Waals surface area contributed by atoms with E-state index >= 15 is 0 Å². The number of rotatable bonds is 8. The Morgan fingerprint density at radius 1 is 1.06 bits per heavy atom. The summed E-state index contributed by atoms with van der Waals surface area (Å²) in [6.07, 6.45) is 7.51. The van der Waals surface area contributed by atoms with Crippen LogP contribution in [0.4, 0.5) is 0 Å². The van der Waals surface area contributed by atoms with Crippen LogP contribution in [0.3, 0.4) is 0 Å². The van der Waals surface area contributed by atoms with Crippen molar-refractivity contribution in [1.82, 2.24) is 9.55 Å². The van der Waals surface area contributed by atoms with Gasteiger partial charge in [-0.05, 0) is 61.2 Å². The number of aromatic nitrogens is 2. The molecule has 2 aromatic carbocycles. The van der Waals surface area contributed by atoms with Crippen LogP contribution >= 0.6 is 46.6 Å². The zero-order chi connectivity index (χ0) is 21.6. The molecule has 0 N–H and O–H groups in total. The molecule has 1 fully saturated rings. The van der Waals surface area contributed by atoms with E-state index in [2.05, 4.69) is 4.98 Å². The zero-order valence-corrected chi connectivity index (χ0v) is 19.8. The predicted octanol–water partition coefficient (Wildman–Crippen LogP) is 7.37. The van der Waals surface area contributed by atoms with Gasteiger partial charge in [-0.15, -0.1) is 11.8 Å². The van der Waals surface area contributed by atoms with Crippen LogP contribution in [0.1, 0.15) is 36.4 Å². The molecule has 3 aromatic rings. The lowest BCUT2D eigenvalue weighted by Gasteiger charge is -2.34. The maximum Gasteiger partial charge on any atom is 0.158 e. The smallest absolute Gasteiger partial charge is 0.158 e. The third-order valence-electron chi connectivity index (χ3n) is 5.12. The second kappa shape index (κ2) is 11.1. The Bertz CT molecular complexity index is 938. The second-order valence-corrected chi connectivity index (χ2v) is 9.79. The predicted molar refractivity (Wildman–Crippen MR) is 127 cm³/mol. The number of thioether (sulfide) groups is 1. The van der Waals surface area contributed by atoms with E-state index < -0.39 is 11.6 Å². The molecule has 0 amide bonds. The van der Waals surface area contributed by atoms with E-state index in [-0.39, 0.29) is 12.4 Å². The Labute approximate surface area is 201 Å². The first-order chi connectivity index (χ1) is 15.1. The van der Waals surface area contributed by atoms with Gasteiger partial charge in [0.15, 0.2) is 6.29 Å². The molecule has 4 atom stereocenters. The zero-order valence-electron chi connectivity index (χ0n) is 16.7. The quantitative estimate of drug-likeness (QED) is 0.240. The van der Waals surface area contributed by atoms with Gasteiger partial charge in [0.05, 0.1) is 12.4 Å². The number of halogens is 3. The van der Waals surface area contributed by atoms with Crippen molar-refractivity contribution in [2.24, 2.45) is 0 Å². The first-order valence-electron chi connectivity index (χ1n) is 10.1. The Morgan fingerprint density at radius 2 is 1.77 bits per heavy atom. The summed E-state index contributed by atoms with van der Waals surface area (Å²) >= 11 is 20.6. The molecule has 1 aromatic heterocycles. The summed E-state index contributed by atoms with van der Waals surface area (Å²) in [7, 11) is 0. The minimum atomic E-state index is -0.462. The van der Waals surface area contributed by atoms with Crippen molar-refractivity contribution in [2.45, 2.75) is 48.2 Å². The highest BCUT2D eigenvalue weighted by atomic mass is 35.5. The maximum absolute atomic E-state index is 6.79. The highest BCUT2D eigenvalue weighted by Crippen LogP contribution is 2.37. The highest BCUT2D eigenvalue weighted by molar-refractivity contribution is 7.99. The number of hydrogen-bond donors (Lipinski definition) is 0. The standard InChI is InChI=1S/C23H23Cl3N2O2S/c24-17-6-4-16(5-7-17)22(23(26)28-13-12-27-15-28)30-21-3-1-2-19(29-21)14-31-20-10-8-18(25)9-11-20/h4-13,15,19,21-23H,1-3,14H2. The average molecular weight is 498 g/mol. The third kappa shape index (κ3) is 6.41. The molecule has 1 aliphatic rings. The van der Waals surface area contributed by atoms with Crippen molar-refractivity contribution in [3.05, 3.63) is 82.9 Å². The van der Waals surface area contributed by atoms with E-state index in [1.54, 1.807) is 24.3 Å². The number of hydrogen-bond acceptors (Lipinski definition) is 4. The molecule has 164 valence electrons. The van der Waals surface area contributed by atoms with Crippen LogP contribution in [0.25, 0.3) is 0 Å². The fraction of sp³-hybridized carbons (Fsp3) is 0.348. The van der Waals surface area contributed by atoms with Gasteiger partial charge in [-0.25, -0.2) is 4.98 Å². The van der Waals surface area contributed by atoms with Crippen LogP contribution in [0.2, 0.25) is 10.0 Å². The summed E-state index contributed by atoms with van der Waals surface area (Å²) in [6, 6.07) is 15.4. The van der Waals surface area contributed by atoms with E-state index in [4.69, 9.17) is 44.3 Å². The Balaban J connectivity index is 1.42. The molecule has 4 rings (SSSR count). The molecule has 0 spiro atoms. The summed E-state index contributed by atoms with van der Waals surface area (Å²) in [6.45, 7) is 0. The van der Waals surface area contributed by atoms with Gasteiger partial charge >= 0.3 is 0 Å². The topological polar surface area (TPSA) is 36.3 Å². The molecular formula is C23H23Cl3N2O2S. The van der Waals surface area contributed by atoms with Crippen LogP contribution < -0.4 is 0 Å². The maximum atomic E-state index is 6.79. The molecule has 1 saturated heterocycles. The molecule has 4 nitrogen and oxygen atoms in total. The molecule has 0 saturated carbocycles. The Morgan fingerprint density at radius 3 is 2.45 bits per heavy atom. The lowest BCUT2D eigenvalue weighted by Crippen LogP contribution is -2.33. The van der Waals surface area contributed by atoms with Crippen LogP contribution in [-0.4, -0.2) is 27.7 Å². The largest absolute Gasteiger partial charge is 0.349 e. The van der Waals surface area contributed by atoms with Crippen molar-refractivity contribution >= 4 is 46.6 Å². The molecule has 4 unspecified atom stereocenters. The van der Waals surface area contributed by atoms with Crippen molar-refractivity contribution in [3.63, 3.8) is 0 Å². The van der Waals surface area contributed by atoms with E-state index in [9.17, 15) is 0 Å². The minimum absolute atomic E-state index is 0.118. The lowest BCUT2D eigenvalue weighted by molar-refractivity contribution is -0.214. The molecular weight excluding hydrogens is 475 g/mol. The van der Waals surface area contributed by atoms with Gasteiger partial charge in [0, 0.05) is 33.1 Å². The fourth-order valence-corrected chi connectivity index (χ4v) is 5.02. The third-order valence-corrected chi connectivity index (χ3v) is 7.22. The highest BCUT2D eigenvalue weighted by Gasteiger charge is 2.30. The number of alkyl halides is 1. The van der Waals surface area contributed by atoms with Crippen molar-refractivity contribution in [1.29, 1.82) is 0 Å². The van der Waals surface area contributed by atoms with Gasteiger partial charge in [-0.3, -0.25) is 0 Å². The average Bonchev–Trinajstić information content (AvgIpc) is 3.33. The molecule has 2 heterocycles. The van der Waals surface area contributed by atoms with E-state index in [1.165, 1.54) is 4.90 Å². The summed E-state index contributed by atoms with van der Waals surface area (Å²) in [5.41, 5.74) is 0.482. The molecule has 8 heteroatoms. The molecule has 1 aliphatic heterocycles. The summed E-state index contributed by atoms with van der Waals surface area (Å²) in [5, 5.41) is 1.41.